The number of halogens is 1. The van der Waals surface area contributed by atoms with E-state index in [1.807, 2.05) is 62.4 Å². The monoisotopic (exact) mass is 416 g/mol. The van der Waals surface area contributed by atoms with Crippen LogP contribution >= 0.6 is 11.6 Å². The maximum atomic E-state index is 13.6. The van der Waals surface area contributed by atoms with E-state index in [0.29, 0.717) is 27.5 Å². The average Bonchev–Trinajstić information content (AvgIpc) is 2.99. The summed E-state index contributed by atoms with van der Waals surface area (Å²) in [5.41, 5.74) is 4.72. The summed E-state index contributed by atoms with van der Waals surface area (Å²) in [6, 6.07) is 22.2. The first-order valence-electron chi connectivity index (χ1n) is 9.63. The van der Waals surface area contributed by atoms with E-state index in [9.17, 15) is 9.59 Å². The summed E-state index contributed by atoms with van der Waals surface area (Å²) in [5.74, 6) is -0.685. The Bertz CT molecular complexity index is 1170. The molecule has 3 aromatic rings. The van der Waals surface area contributed by atoms with Crippen LogP contribution in [-0.2, 0) is 9.59 Å². The molecule has 2 amide bonds. The molecule has 3 aromatic carbocycles. The minimum Gasteiger partial charge on any atom is -0.339 e. The van der Waals surface area contributed by atoms with Gasteiger partial charge in [0.15, 0.2) is 0 Å². The quantitative estimate of drug-likeness (QED) is 0.536. The van der Waals surface area contributed by atoms with E-state index in [-0.39, 0.29) is 11.8 Å². The predicted octanol–water partition coefficient (Wildman–Crippen LogP) is 5.38. The maximum Gasteiger partial charge on any atom is 0.282 e. The van der Waals surface area contributed by atoms with Gasteiger partial charge in [-0.2, -0.15) is 0 Å². The molecule has 0 saturated carbocycles. The summed E-state index contributed by atoms with van der Waals surface area (Å²) in [6.07, 6.45) is 0. The van der Waals surface area contributed by atoms with Gasteiger partial charge < -0.3 is 4.90 Å². The van der Waals surface area contributed by atoms with Crippen LogP contribution < -0.4 is 9.80 Å². The van der Waals surface area contributed by atoms with Gasteiger partial charge in [-0.1, -0.05) is 59.6 Å². The van der Waals surface area contributed by atoms with Crippen LogP contribution in [0, 0.1) is 13.8 Å². The molecule has 0 bridgehead atoms. The van der Waals surface area contributed by atoms with Crippen molar-refractivity contribution in [1.82, 2.24) is 0 Å². The molecule has 0 fully saturated rings. The molecule has 1 heterocycles. The van der Waals surface area contributed by atoms with Crippen molar-refractivity contribution in [3.8, 4) is 0 Å². The molecule has 0 N–H and O–H groups in total. The molecule has 0 aromatic heterocycles. The second-order valence-electron chi connectivity index (χ2n) is 7.36. The third-order valence-electron chi connectivity index (χ3n) is 5.26. The normalized spacial score (nSPS) is 13.9. The molecule has 30 heavy (non-hydrogen) atoms. The summed E-state index contributed by atoms with van der Waals surface area (Å²) in [4.78, 5) is 30.2. The van der Waals surface area contributed by atoms with E-state index in [0.717, 1.165) is 16.8 Å². The first-order valence-corrected chi connectivity index (χ1v) is 10.0. The number of hydrogen-bond acceptors (Lipinski definition) is 3. The number of aryl methyl sites for hydroxylation is 2. The van der Waals surface area contributed by atoms with Gasteiger partial charge >= 0.3 is 0 Å². The molecule has 1 aliphatic heterocycles. The molecule has 0 aliphatic carbocycles. The number of hydrogen-bond donors (Lipinski definition) is 0. The second-order valence-corrected chi connectivity index (χ2v) is 7.80. The number of amides is 2. The topological polar surface area (TPSA) is 40.6 Å². The van der Waals surface area contributed by atoms with Crippen molar-refractivity contribution in [2.75, 3.05) is 16.8 Å². The molecule has 0 saturated heterocycles. The highest BCUT2D eigenvalue weighted by molar-refractivity contribution is 6.46. The van der Waals surface area contributed by atoms with Gasteiger partial charge in [-0.25, -0.2) is 4.90 Å². The van der Waals surface area contributed by atoms with Crippen LogP contribution in [0.4, 0.5) is 11.4 Å². The Morgan fingerprint density at radius 2 is 1.50 bits per heavy atom. The number of carbonyl (C=O) groups excluding carboxylic acids is 2. The van der Waals surface area contributed by atoms with Gasteiger partial charge in [0.2, 0.25) is 0 Å². The van der Waals surface area contributed by atoms with Crippen molar-refractivity contribution in [1.29, 1.82) is 0 Å². The summed E-state index contributed by atoms with van der Waals surface area (Å²) >= 11 is 6.05. The van der Waals surface area contributed by atoms with E-state index < -0.39 is 0 Å². The van der Waals surface area contributed by atoms with Crippen molar-refractivity contribution < 1.29 is 9.59 Å². The zero-order chi connectivity index (χ0) is 21.4. The van der Waals surface area contributed by atoms with Crippen molar-refractivity contribution in [2.45, 2.75) is 13.8 Å². The zero-order valence-corrected chi connectivity index (χ0v) is 17.8. The number of nitrogens with zero attached hydrogens (tertiary/aromatic N) is 2. The lowest BCUT2D eigenvalue weighted by Crippen LogP contribution is -2.34. The number of rotatable bonds is 4. The zero-order valence-electron chi connectivity index (χ0n) is 17.0. The molecule has 4 rings (SSSR count). The fourth-order valence-electron chi connectivity index (χ4n) is 3.76. The summed E-state index contributed by atoms with van der Waals surface area (Å²) in [5, 5.41) is 0.570. The minimum absolute atomic E-state index is 0.341. The van der Waals surface area contributed by atoms with Gasteiger partial charge in [0.1, 0.15) is 5.70 Å². The molecule has 0 radical (unpaired) electrons. The fourth-order valence-corrected chi connectivity index (χ4v) is 3.89. The van der Waals surface area contributed by atoms with Gasteiger partial charge in [-0.3, -0.25) is 9.59 Å². The molecule has 0 spiro atoms. The highest BCUT2D eigenvalue weighted by atomic mass is 35.5. The minimum atomic E-state index is -0.344. The van der Waals surface area contributed by atoms with Gasteiger partial charge in [0.05, 0.1) is 11.3 Å². The Hall–Kier alpha value is -3.37. The van der Waals surface area contributed by atoms with Crippen LogP contribution in [0.5, 0.6) is 0 Å². The van der Waals surface area contributed by atoms with Crippen molar-refractivity contribution >= 4 is 40.4 Å². The van der Waals surface area contributed by atoms with E-state index >= 15 is 0 Å². The molecule has 1 aliphatic rings. The lowest BCUT2D eigenvalue weighted by atomic mass is 10.0. The smallest absolute Gasteiger partial charge is 0.282 e. The standard InChI is InChI=1S/C25H21ClN2O2/c1-16-9-14-21(17(2)15-16)28-24(29)22(18-10-12-19(26)13-11-18)23(25(28)30)27(3)20-7-5-4-6-8-20/h4-15H,1-3H3. The van der Waals surface area contributed by atoms with Gasteiger partial charge in [-0.05, 0) is 55.3 Å². The number of imide groups is 1. The molecule has 5 heteroatoms. The van der Waals surface area contributed by atoms with Crippen LogP contribution in [0.25, 0.3) is 5.57 Å². The third-order valence-corrected chi connectivity index (χ3v) is 5.52. The Morgan fingerprint density at radius 3 is 2.13 bits per heavy atom. The van der Waals surface area contributed by atoms with Crippen LogP contribution in [0.1, 0.15) is 16.7 Å². The predicted molar refractivity (Wildman–Crippen MR) is 122 cm³/mol. The van der Waals surface area contributed by atoms with E-state index in [2.05, 4.69) is 0 Å². The second kappa shape index (κ2) is 7.81. The molecular formula is C25H21ClN2O2. The van der Waals surface area contributed by atoms with Crippen molar-refractivity contribution in [3.05, 3.63) is 100 Å². The van der Waals surface area contributed by atoms with Crippen molar-refractivity contribution in [3.63, 3.8) is 0 Å². The highest BCUT2D eigenvalue weighted by Crippen LogP contribution is 2.37. The van der Waals surface area contributed by atoms with Crippen LogP contribution in [0.3, 0.4) is 0 Å². The Kier molecular flexibility index (Phi) is 5.18. The van der Waals surface area contributed by atoms with Gasteiger partial charge in [0, 0.05) is 17.8 Å². The Balaban J connectivity index is 1.89. The van der Waals surface area contributed by atoms with Crippen LogP contribution in [0.2, 0.25) is 5.02 Å². The number of carbonyl (C=O) groups is 2. The summed E-state index contributed by atoms with van der Waals surface area (Å²) < 4.78 is 0. The number of para-hydroxylation sites is 1. The van der Waals surface area contributed by atoms with E-state index in [1.165, 1.54) is 4.90 Å². The molecule has 0 unspecified atom stereocenters. The molecule has 4 nitrogen and oxygen atoms in total. The Morgan fingerprint density at radius 1 is 0.833 bits per heavy atom. The highest BCUT2D eigenvalue weighted by Gasteiger charge is 2.42. The van der Waals surface area contributed by atoms with E-state index in [4.69, 9.17) is 11.6 Å². The maximum absolute atomic E-state index is 13.6. The number of anilines is 2. The van der Waals surface area contributed by atoms with Gasteiger partial charge in [0.25, 0.3) is 11.8 Å². The first kappa shape index (κ1) is 19.9. The molecule has 0 atom stereocenters. The SMILES string of the molecule is Cc1ccc(N2C(=O)C(c3ccc(Cl)cc3)=C(N(C)c3ccccc3)C2=O)c(C)c1. The first-order chi connectivity index (χ1) is 14.4. The number of benzene rings is 3. The fraction of sp³-hybridized carbons (Fsp3) is 0.120. The third kappa shape index (κ3) is 3.40. The van der Waals surface area contributed by atoms with Crippen LogP contribution in [0.15, 0.2) is 78.5 Å². The van der Waals surface area contributed by atoms with Crippen molar-refractivity contribution in [2.24, 2.45) is 0 Å². The number of likely N-dealkylation sites (N-methyl/N-ethyl adjacent to an activating group) is 1. The van der Waals surface area contributed by atoms with Gasteiger partial charge in [-0.15, -0.1) is 0 Å². The summed E-state index contributed by atoms with van der Waals surface area (Å²) in [7, 11) is 1.80. The average molecular weight is 417 g/mol. The largest absolute Gasteiger partial charge is 0.339 e. The lowest BCUT2D eigenvalue weighted by molar-refractivity contribution is -0.120. The molecular weight excluding hydrogens is 396 g/mol. The van der Waals surface area contributed by atoms with E-state index in [1.54, 1.807) is 36.2 Å². The lowest BCUT2D eigenvalue weighted by Gasteiger charge is -2.22. The Labute approximate surface area is 181 Å². The molecule has 150 valence electrons. The summed E-state index contributed by atoms with van der Waals surface area (Å²) in [6.45, 7) is 3.89. The van der Waals surface area contributed by atoms with Crippen LogP contribution in [-0.4, -0.2) is 18.9 Å².